The highest BCUT2D eigenvalue weighted by molar-refractivity contribution is 5.84. The maximum absolute atomic E-state index is 14.5. The number of aromatic nitrogens is 4. The van der Waals surface area contributed by atoms with Gasteiger partial charge in [-0.25, -0.2) is 23.1 Å². The Labute approximate surface area is 210 Å². The summed E-state index contributed by atoms with van der Waals surface area (Å²) in [7, 11) is 0. The van der Waals surface area contributed by atoms with E-state index < -0.39 is 30.0 Å². The van der Waals surface area contributed by atoms with E-state index in [1.54, 1.807) is 24.2 Å². The van der Waals surface area contributed by atoms with Crippen LogP contribution in [0.1, 0.15) is 30.9 Å². The molecule has 2 aliphatic rings. The molecular formula is C27H23F3N6O. The lowest BCUT2D eigenvalue weighted by Gasteiger charge is -2.45. The molecule has 2 aromatic carbocycles. The van der Waals surface area contributed by atoms with Crippen LogP contribution in [-0.4, -0.2) is 36.9 Å². The van der Waals surface area contributed by atoms with Crippen molar-refractivity contribution in [1.82, 2.24) is 25.1 Å². The van der Waals surface area contributed by atoms with Crippen LogP contribution >= 0.6 is 0 Å². The number of hydrogen-bond acceptors (Lipinski definition) is 5. The molecule has 0 atom stereocenters. The van der Waals surface area contributed by atoms with Crippen molar-refractivity contribution in [3.8, 4) is 22.5 Å². The predicted octanol–water partition coefficient (Wildman–Crippen LogP) is 5.69. The molecule has 2 N–H and O–H groups in total. The summed E-state index contributed by atoms with van der Waals surface area (Å²) in [6.45, 7) is 2.31. The Morgan fingerprint density at radius 3 is 2.43 bits per heavy atom. The van der Waals surface area contributed by atoms with E-state index >= 15 is 0 Å². The van der Waals surface area contributed by atoms with Crippen molar-refractivity contribution in [3.63, 3.8) is 0 Å². The third-order valence-corrected chi connectivity index (χ3v) is 7.01. The van der Waals surface area contributed by atoms with Gasteiger partial charge in [0.15, 0.2) is 17.5 Å². The van der Waals surface area contributed by atoms with Gasteiger partial charge in [-0.15, -0.1) is 0 Å². The standard InChI is InChI=1S/C27H23F3N6O/c1-26(14-27(29,30)15-26)25(37)36-12-18-3-2-17(8-19(18)13-36)23-31-11-22(28)24(35-23)34-21-6-4-16(5-7-21)20-9-32-33-10-20/h2-11H,12-15H2,1H3,(H,32,33)(H,31,34,35). The number of benzene rings is 2. The number of alkyl halides is 2. The summed E-state index contributed by atoms with van der Waals surface area (Å²) in [4.78, 5) is 23.1. The topological polar surface area (TPSA) is 86.8 Å². The van der Waals surface area contributed by atoms with E-state index in [1.165, 1.54) is 0 Å². The molecule has 0 radical (unpaired) electrons. The molecule has 6 rings (SSSR count). The van der Waals surface area contributed by atoms with E-state index in [0.29, 0.717) is 30.2 Å². The number of halogens is 3. The first-order valence-corrected chi connectivity index (χ1v) is 11.9. The quantitative estimate of drug-likeness (QED) is 0.365. The maximum Gasteiger partial charge on any atom is 0.250 e. The summed E-state index contributed by atoms with van der Waals surface area (Å²) >= 11 is 0. The van der Waals surface area contributed by atoms with Crippen molar-refractivity contribution in [2.24, 2.45) is 5.41 Å². The van der Waals surface area contributed by atoms with Crippen LogP contribution in [0.15, 0.2) is 61.1 Å². The number of aromatic amines is 1. The van der Waals surface area contributed by atoms with Gasteiger partial charge >= 0.3 is 0 Å². The monoisotopic (exact) mass is 504 g/mol. The molecule has 7 nitrogen and oxygen atoms in total. The fraction of sp³-hybridized carbons (Fsp3) is 0.259. The third kappa shape index (κ3) is 4.32. The van der Waals surface area contributed by atoms with Gasteiger partial charge in [0.25, 0.3) is 0 Å². The SMILES string of the molecule is CC1(C(=O)N2Cc3ccc(-c4ncc(F)c(Nc5ccc(-c6cn[nH]c6)cc5)n4)cc3C2)CC(F)(F)C1. The van der Waals surface area contributed by atoms with Crippen LogP contribution in [0, 0.1) is 11.2 Å². The molecule has 1 aliphatic heterocycles. The number of fused-ring (bicyclic) bond motifs is 1. The van der Waals surface area contributed by atoms with Gasteiger partial charge in [-0.2, -0.15) is 5.10 Å². The van der Waals surface area contributed by atoms with Gasteiger partial charge < -0.3 is 10.2 Å². The zero-order chi connectivity index (χ0) is 25.8. The lowest BCUT2D eigenvalue weighted by molar-refractivity contribution is -0.183. The number of hydrogen-bond donors (Lipinski definition) is 2. The maximum atomic E-state index is 14.5. The van der Waals surface area contributed by atoms with Crippen LogP contribution in [0.25, 0.3) is 22.5 Å². The molecule has 3 heterocycles. The number of carbonyl (C=O) groups excluding carboxylic acids is 1. The molecule has 37 heavy (non-hydrogen) atoms. The summed E-state index contributed by atoms with van der Waals surface area (Å²) in [5.74, 6) is -3.24. The van der Waals surface area contributed by atoms with Gasteiger partial charge in [0, 0.05) is 48.9 Å². The van der Waals surface area contributed by atoms with E-state index in [9.17, 15) is 18.0 Å². The van der Waals surface area contributed by atoms with Gasteiger partial charge in [-0.3, -0.25) is 9.89 Å². The number of H-pyrrole nitrogens is 1. The van der Waals surface area contributed by atoms with Crippen LogP contribution in [0.4, 0.5) is 24.7 Å². The Morgan fingerprint density at radius 2 is 1.73 bits per heavy atom. The van der Waals surface area contributed by atoms with E-state index in [1.807, 2.05) is 42.5 Å². The molecular weight excluding hydrogens is 481 g/mol. The van der Waals surface area contributed by atoms with Crippen LogP contribution in [0.3, 0.4) is 0 Å². The molecule has 1 fully saturated rings. The average molecular weight is 505 g/mol. The zero-order valence-corrected chi connectivity index (χ0v) is 19.9. The second kappa shape index (κ2) is 8.43. The first kappa shape index (κ1) is 23.2. The first-order chi connectivity index (χ1) is 17.7. The fourth-order valence-corrected chi connectivity index (χ4v) is 5.19. The lowest BCUT2D eigenvalue weighted by atomic mass is 9.66. The number of amides is 1. The molecule has 0 bridgehead atoms. The summed E-state index contributed by atoms with van der Waals surface area (Å²) in [6, 6.07) is 13.0. The number of anilines is 2. The summed E-state index contributed by atoms with van der Waals surface area (Å²) in [5, 5.41) is 9.71. The first-order valence-electron chi connectivity index (χ1n) is 11.9. The van der Waals surface area contributed by atoms with Crippen molar-refractivity contribution in [2.45, 2.75) is 38.8 Å². The van der Waals surface area contributed by atoms with Gasteiger partial charge in [0.2, 0.25) is 11.8 Å². The highest BCUT2D eigenvalue weighted by Gasteiger charge is 2.59. The van der Waals surface area contributed by atoms with Gasteiger partial charge in [-0.05, 0) is 34.9 Å². The number of rotatable bonds is 5. The second-order valence-corrected chi connectivity index (χ2v) is 9.99. The molecule has 1 amide bonds. The third-order valence-electron chi connectivity index (χ3n) is 7.01. The van der Waals surface area contributed by atoms with E-state index in [2.05, 4.69) is 25.5 Å². The zero-order valence-electron chi connectivity index (χ0n) is 19.9. The van der Waals surface area contributed by atoms with E-state index in [0.717, 1.165) is 28.5 Å². The Bertz CT molecular complexity index is 1480. The minimum atomic E-state index is -2.77. The van der Waals surface area contributed by atoms with Crippen molar-refractivity contribution in [1.29, 1.82) is 0 Å². The van der Waals surface area contributed by atoms with E-state index in [4.69, 9.17) is 0 Å². The van der Waals surface area contributed by atoms with Crippen LogP contribution in [0.2, 0.25) is 0 Å². The van der Waals surface area contributed by atoms with E-state index in [-0.39, 0.29) is 11.7 Å². The van der Waals surface area contributed by atoms with Crippen molar-refractivity contribution < 1.29 is 18.0 Å². The molecule has 0 spiro atoms. The minimum Gasteiger partial charge on any atom is -0.338 e. The number of carbonyl (C=O) groups is 1. The van der Waals surface area contributed by atoms with Crippen molar-refractivity contribution >= 4 is 17.4 Å². The van der Waals surface area contributed by atoms with Gasteiger partial charge in [0.1, 0.15) is 0 Å². The predicted molar refractivity (Wildman–Crippen MR) is 131 cm³/mol. The minimum absolute atomic E-state index is 0.0391. The smallest absolute Gasteiger partial charge is 0.250 e. The normalized spacial score (nSPS) is 17.2. The molecule has 0 saturated heterocycles. The lowest BCUT2D eigenvalue weighted by Crippen LogP contribution is -2.53. The molecule has 4 aromatic rings. The molecule has 0 unspecified atom stereocenters. The number of nitrogens with zero attached hydrogens (tertiary/aromatic N) is 4. The Kier molecular flexibility index (Phi) is 5.29. The van der Waals surface area contributed by atoms with Gasteiger partial charge in [0.05, 0.1) is 17.8 Å². The average Bonchev–Trinajstić information content (AvgIpc) is 3.54. The Hall–Kier alpha value is -4.21. The van der Waals surface area contributed by atoms with Crippen molar-refractivity contribution in [2.75, 3.05) is 5.32 Å². The van der Waals surface area contributed by atoms with Crippen LogP contribution < -0.4 is 5.32 Å². The number of nitrogens with one attached hydrogen (secondary N) is 2. The Balaban J connectivity index is 1.19. The Morgan fingerprint density at radius 1 is 1.00 bits per heavy atom. The largest absolute Gasteiger partial charge is 0.338 e. The molecule has 188 valence electrons. The van der Waals surface area contributed by atoms with Gasteiger partial charge in [-0.1, -0.05) is 31.2 Å². The highest BCUT2D eigenvalue weighted by atomic mass is 19.3. The summed E-state index contributed by atoms with van der Waals surface area (Å²) in [6.07, 6.45) is 3.79. The fourth-order valence-electron chi connectivity index (χ4n) is 5.19. The highest BCUT2D eigenvalue weighted by Crippen LogP contribution is 2.53. The summed E-state index contributed by atoms with van der Waals surface area (Å²) < 4.78 is 41.4. The second-order valence-electron chi connectivity index (χ2n) is 9.99. The molecule has 1 aliphatic carbocycles. The molecule has 2 aromatic heterocycles. The molecule has 10 heteroatoms. The van der Waals surface area contributed by atoms with Crippen LogP contribution in [0.5, 0.6) is 0 Å². The summed E-state index contributed by atoms with van der Waals surface area (Å²) in [5.41, 5.74) is 4.07. The molecule has 1 saturated carbocycles. The van der Waals surface area contributed by atoms with Crippen molar-refractivity contribution in [3.05, 3.63) is 78.0 Å². The van der Waals surface area contributed by atoms with Crippen LogP contribution in [-0.2, 0) is 17.9 Å².